The number of aliphatic hydroxyl groups excluding tert-OH is 8. The summed E-state index contributed by atoms with van der Waals surface area (Å²) in [5.74, 6) is -0.197. The quantitative estimate of drug-likeness (QED) is 0.0259. The van der Waals surface area contributed by atoms with Gasteiger partial charge in [-0.05, 0) is 12.8 Å². The number of nitrogens with one attached hydrogen (secondary N) is 1. The Hall–Kier alpha value is -1.01. The SMILES string of the molecule is CCCCCCCCCCCCCCCCCCCCCCCCCCCCC(O)C(COC1OC(CO)C(OC2OC(CO)C(O)C(O)C2O)C(O)C1O)NC(=O)CCCCCCCCCCCCCCCCCCCCCCCCC. The summed E-state index contributed by atoms with van der Waals surface area (Å²) in [7, 11) is 0. The molecule has 0 radical (unpaired) electrons. The van der Waals surface area contributed by atoms with Crippen molar-refractivity contribution in [3.8, 4) is 0 Å². The largest absolute Gasteiger partial charge is 0.394 e. The van der Waals surface area contributed by atoms with E-state index >= 15 is 0 Å². The number of hydrogen-bond acceptors (Lipinski definition) is 13. The second-order valence-corrected chi connectivity index (χ2v) is 25.7. The minimum Gasteiger partial charge on any atom is -0.394 e. The molecular formula is C69H135NO13. The summed E-state index contributed by atoms with van der Waals surface area (Å²) in [5.41, 5.74) is 0. The van der Waals surface area contributed by atoms with Crippen LogP contribution in [0.2, 0.25) is 0 Å². The molecule has 2 aliphatic heterocycles. The molecule has 2 saturated heterocycles. The van der Waals surface area contributed by atoms with Crippen LogP contribution in [0.25, 0.3) is 0 Å². The van der Waals surface area contributed by atoms with Gasteiger partial charge in [0.1, 0.15) is 48.8 Å². The van der Waals surface area contributed by atoms with Crippen molar-refractivity contribution in [1.82, 2.24) is 5.32 Å². The van der Waals surface area contributed by atoms with Gasteiger partial charge in [-0.15, -0.1) is 0 Å². The molecule has 2 rings (SSSR count). The van der Waals surface area contributed by atoms with Crippen molar-refractivity contribution in [3.05, 3.63) is 0 Å². The van der Waals surface area contributed by atoms with Crippen LogP contribution in [0.4, 0.5) is 0 Å². The van der Waals surface area contributed by atoms with Gasteiger partial charge in [-0.25, -0.2) is 0 Å². The van der Waals surface area contributed by atoms with Crippen LogP contribution in [0.1, 0.15) is 341 Å². The van der Waals surface area contributed by atoms with Gasteiger partial charge in [0.05, 0.1) is 32.0 Å². The number of unbranched alkanes of at least 4 members (excludes halogenated alkanes) is 47. The van der Waals surface area contributed by atoms with E-state index < -0.39 is 86.8 Å². The number of aliphatic hydroxyl groups is 8. The zero-order chi connectivity index (χ0) is 60.2. The van der Waals surface area contributed by atoms with Crippen LogP contribution in [0.15, 0.2) is 0 Å². The molecule has 1 amide bonds. The molecule has 494 valence electrons. The van der Waals surface area contributed by atoms with E-state index in [1.54, 1.807) is 0 Å². The lowest BCUT2D eigenvalue weighted by Gasteiger charge is -2.46. The highest BCUT2D eigenvalue weighted by atomic mass is 16.7. The Bertz CT molecular complexity index is 1400. The Morgan fingerprint density at radius 3 is 1.02 bits per heavy atom. The summed E-state index contributed by atoms with van der Waals surface area (Å²) in [6.45, 7) is 2.93. The van der Waals surface area contributed by atoms with Gasteiger partial charge in [0, 0.05) is 6.42 Å². The Balaban J connectivity index is 1.66. The molecule has 2 fully saturated rings. The minimum absolute atomic E-state index is 0.197. The van der Waals surface area contributed by atoms with Crippen molar-refractivity contribution in [3.63, 3.8) is 0 Å². The normalized spacial score (nSPS) is 23.7. The molecule has 0 bridgehead atoms. The van der Waals surface area contributed by atoms with Crippen LogP contribution >= 0.6 is 0 Å². The van der Waals surface area contributed by atoms with Crippen molar-refractivity contribution in [2.45, 2.75) is 415 Å². The minimum atomic E-state index is -1.78. The number of rotatable bonds is 60. The fraction of sp³-hybridized carbons (Fsp3) is 0.986. The monoisotopic (exact) mass is 1190 g/mol. The summed E-state index contributed by atoms with van der Waals surface area (Å²) in [4.78, 5) is 13.4. The van der Waals surface area contributed by atoms with Crippen LogP contribution in [-0.4, -0.2) is 140 Å². The summed E-state index contributed by atoms with van der Waals surface area (Å²) < 4.78 is 22.9. The number of carbonyl (C=O) groups is 1. The Morgan fingerprint density at radius 2 is 0.687 bits per heavy atom. The van der Waals surface area contributed by atoms with Crippen LogP contribution in [0, 0.1) is 0 Å². The highest BCUT2D eigenvalue weighted by Gasteiger charge is 2.51. The van der Waals surface area contributed by atoms with Gasteiger partial charge in [-0.2, -0.15) is 0 Å². The van der Waals surface area contributed by atoms with Gasteiger partial charge >= 0.3 is 0 Å². The van der Waals surface area contributed by atoms with Gasteiger partial charge in [-0.1, -0.05) is 322 Å². The zero-order valence-electron chi connectivity index (χ0n) is 53.7. The van der Waals surface area contributed by atoms with Crippen molar-refractivity contribution in [1.29, 1.82) is 0 Å². The van der Waals surface area contributed by atoms with Crippen LogP contribution in [-0.2, 0) is 23.7 Å². The fourth-order valence-electron chi connectivity index (χ4n) is 12.4. The summed E-state index contributed by atoms with van der Waals surface area (Å²) >= 11 is 0. The molecule has 2 heterocycles. The molecule has 14 nitrogen and oxygen atoms in total. The van der Waals surface area contributed by atoms with Crippen molar-refractivity contribution in [2.24, 2.45) is 0 Å². The first-order valence-electron chi connectivity index (χ1n) is 35.8. The molecule has 2 aliphatic rings. The van der Waals surface area contributed by atoms with Crippen LogP contribution in [0.5, 0.6) is 0 Å². The van der Waals surface area contributed by atoms with Gasteiger partial charge in [0.2, 0.25) is 5.91 Å². The number of amides is 1. The van der Waals surface area contributed by atoms with Crippen molar-refractivity contribution < 1.29 is 64.6 Å². The van der Waals surface area contributed by atoms with E-state index in [4.69, 9.17) is 18.9 Å². The molecule has 14 heteroatoms. The lowest BCUT2D eigenvalue weighted by molar-refractivity contribution is -0.359. The molecule has 83 heavy (non-hydrogen) atoms. The smallest absolute Gasteiger partial charge is 0.220 e. The standard InChI is InChI=1S/C69H135NO13/c1-3-5-7-9-11-13-15-17-19-21-23-25-27-28-29-31-32-34-36-38-40-42-44-46-48-50-52-58(73)57(56-80-68-66(79)64(77)67(60(55-72)82-68)83-69-65(78)63(76)62(75)59(54-71)81-69)70-61(74)53-51-49-47-45-43-41-39-37-35-33-30-26-24-22-20-18-16-14-12-10-8-6-4-2/h57-60,62-69,71-73,75-79H,3-56H2,1-2H3,(H,70,74). The molecule has 0 aliphatic carbocycles. The first-order valence-corrected chi connectivity index (χ1v) is 35.8. The van der Waals surface area contributed by atoms with E-state index in [-0.39, 0.29) is 12.5 Å². The maximum atomic E-state index is 13.4. The fourth-order valence-corrected chi connectivity index (χ4v) is 12.4. The third-order valence-corrected chi connectivity index (χ3v) is 18.1. The first-order chi connectivity index (χ1) is 40.6. The lowest BCUT2D eigenvalue weighted by atomic mass is 9.97. The number of ether oxygens (including phenoxy) is 4. The van der Waals surface area contributed by atoms with E-state index in [9.17, 15) is 45.6 Å². The van der Waals surface area contributed by atoms with Gasteiger partial charge in [-0.3, -0.25) is 4.79 Å². The number of hydrogen-bond donors (Lipinski definition) is 9. The predicted molar refractivity (Wildman–Crippen MR) is 337 cm³/mol. The molecule has 12 atom stereocenters. The maximum Gasteiger partial charge on any atom is 0.220 e. The third-order valence-electron chi connectivity index (χ3n) is 18.1. The Labute approximate surface area is 508 Å². The molecule has 0 aromatic heterocycles. The highest BCUT2D eigenvalue weighted by Crippen LogP contribution is 2.30. The van der Waals surface area contributed by atoms with Crippen LogP contribution < -0.4 is 5.32 Å². The summed E-state index contributed by atoms with van der Waals surface area (Å²) in [6.07, 6.45) is 48.3. The average Bonchev–Trinajstić information content (AvgIpc) is 3.59. The Morgan fingerprint density at radius 1 is 0.386 bits per heavy atom. The molecule has 0 aromatic rings. The molecule has 0 aromatic carbocycles. The van der Waals surface area contributed by atoms with Gasteiger partial charge in [0.15, 0.2) is 12.6 Å². The second kappa shape index (κ2) is 55.1. The second-order valence-electron chi connectivity index (χ2n) is 25.7. The molecule has 0 spiro atoms. The molecule has 12 unspecified atom stereocenters. The predicted octanol–water partition coefficient (Wildman–Crippen LogP) is 14.4. The van der Waals surface area contributed by atoms with Crippen molar-refractivity contribution in [2.75, 3.05) is 19.8 Å². The topological polar surface area (TPSA) is 228 Å². The van der Waals surface area contributed by atoms with Crippen molar-refractivity contribution >= 4 is 5.91 Å². The number of carbonyl (C=O) groups excluding carboxylic acids is 1. The molecular weight excluding hydrogens is 1050 g/mol. The average molecular weight is 1190 g/mol. The van der Waals surface area contributed by atoms with Crippen LogP contribution in [0.3, 0.4) is 0 Å². The summed E-state index contributed by atoms with van der Waals surface area (Å²) in [5, 5.41) is 87.6. The lowest BCUT2D eigenvalue weighted by Crippen LogP contribution is -2.65. The summed E-state index contributed by atoms with van der Waals surface area (Å²) in [6, 6.07) is -0.824. The van der Waals surface area contributed by atoms with E-state index in [1.807, 2.05) is 0 Å². The third kappa shape index (κ3) is 39.6. The Kier molecular flexibility index (Phi) is 51.8. The molecule has 0 saturated carbocycles. The van der Waals surface area contributed by atoms with E-state index in [2.05, 4.69) is 19.2 Å². The highest BCUT2D eigenvalue weighted by molar-refractivity contribution is 5.76. The zero-order valence-corrected chi connectivity index (χ0v) is 53.7. The first kappa shape index (κ1) is 78.1. The van der Waals surface area contributed by atoms with Gasteiger partial charge < -0.3 is 65.1 Å². The van der Waals surface area contributed by atoms with Gasteiger partial charge in [0.25, 0.3) is 0 Å². The maximum absolute atomic E-state index is 13.4. The van der Waals surface area contributed by atoms with E-state index in [0.717, 1.165) is 51.4 Å². The van der Waals surface area contributed by atoms with E-state index in [1.165, 1.54) is 263 Å². The van der Waals surface area contributed by atoms with E-state index in [0.29, 0.717) is 12.8 Å². The molecule has 9 N–H and O–H groups in total.